The van der Waals surface area contributed by atoms with E-state index < -0.39 is 0 Å². The molecule has 2 aliphatic rings. The standard InChI is InChI=1S/C19H18N4O5/c24-17(20-9-12-3-6-14-16(8-12)28-11-27-14)10-22-19(25)23(13-4-5-13)18(21-22)15-2-1-7-26-15/h1-3,6-8,13H,4-5,9-11H2,(H,20,24). The number of rotatable bonds is 6. The molecule has 1 aliphatic carbocycles. The molecule has 0 atom stereocenters. The molecule has 0 unspecified atom stereocenters. The van der Waals surface area contributed by atoms with E-state index in [4.69, 9.17) is 13.9 Å². The molecule has 9 heteroatoms. The van der Waals surface area contributed by atoms with Crippen molar-refractivity contribution < 1.29 is 18.7 Å². The number of carbonyl (C=O) groups is 1. The summed E-state index contributed by atoms with van der Waals surface area (Å²) < 4.78 is 18.8. The highest BCUT2D eigenvalue weighted by Crippen LogP contribution is 2.36. The van der Waals surface area contributed by atoms with E-state index in [1.807, 2.05) is 12.1 Å². The highest BCUT2D eigenvalue weighted by atomic mass is 16.7. The summed E-state index contributed by atoms with van der Waals surface area (Å²) in [5.41, 5.74) is 0.580. The third kappa shape index (κ3) is 3.04. The first-order chi connectivity index (χ1) is 13.7. The van der Waals surface area contributed by atoms with Crippen molar-refractivity contribution in [3.8, 4) is 23.1 Å². The molecule has 1 aromatic carbocycles. The molecule has 5 rings (SSSR count). The summed E-state index contributed by atoms with van der Waals surface area (Å²) in [5.74, 6) is 2.03. The maximum absolute atomic E-state index is 12.7. The number of hydrogen-bond acceptors (Lipinski definition) is 6. The zero-order valence-corrected chi connectivity index (χ0v) is 15.0. The summed E-state index contributed by atoms with van der Waals surface area (Å²) in [5, 5.41) is 7.14. The van der Waals surface area contributed by atoms with Crippen molar-refractivity contribution in [3.63, 3.8) is 0 Å². The molecule has 2 aromatic heterocycles. The summed E-state index contributed by atoms with van der Waals surface area (Å²) in [7, 11) is 0. The van der Waals surface area contributed by atoms with Crippen molar-refractivity contribution in [2.45, 2.75) is 32.0 Å². The second-order valence-electron chi connectivity index (χ2n) is 6.81. The molecule has 1 amide bonds. The van der Waals surface area contributed by atoms with Crippen molar-refractivity contribution in [2.24, 2.45) is 0 Å². The molecule has 0 bridgehead atoms. The molecule has 1 aliphatic heterocycles. The number of fused-ring (bicyclic) bond motifs is 1. The summed E-state index contributed by atoms with van der Waals surface area (Å²) in [6.07, 6.45) is 3.39. The Bertz CT molecular complexity index is 1080. The maximum Gasteiger partial charge on any atom is 0.347 e. The number of ether oxygens (including phenoxy) is 2. The monoisotopic (exact) mass is 382 g/mol. The van der Waals surface area contributed by atoms with Gasteiger partial charge in [0.1, 0.15) is 6.54 Å². The van der Waals surface area contributed by atoms with Gasteiger partial charge in [0.25, 0.3) is 0 Å². The lowest BCUT2D eigenvalue weighted by molar-refractivity contribution is -0.122. The minimum absolute atomic E-state index is 0.123. The molecule has 0 spiro atoms. The van der Waals surface area contributed by atoms with Crippen LogP contribution in [0.25, 0.3) is 11.6 Å². The van der Waals surface area contributed by atoms with Crippen molar-refractivity contribution in [1.29, 1.82) is 0 Å². The Morgan fingerprint density at radius 1 is 1.21 bits per heavy atom. The van der Waals surface area contributed by atoms with Gasteiger partial charge in [0.15, 0.2) is 17.3 Å². The smallest absolute Gasteiger partial charge is 0.347 e. The van der Waals surface area contributed by atoms with Gasteiger partial charge in [0, 0.05) is 12.6 Å². The van der Waals surface area contributed by atoms with Gasteiger partial charge in [0.2, 0.25) is 18.5 Å². The number of furan rings is 1. The summed E-state index contributed by atoms with van der Waals surface area (Å²) in [4.78, 5) is 25.1. The van der Waals surface area contributed by atoms with E-state index >= 15 is 0 Å². The van der Waals surface area contributed by atoms with Crippen LogP contribution >= 0.6 is 0 Å². The summed E-state index contributed by atoms with van der Waals surface area (Å²) in [6, 6.07) is 9.11. The first kappa shape index (κ1) is 16.7. The predicted octanol–water partition coefficient (Wildman–Crippen LogP) is 1.68. The molecule has 3 aromatic rings. The number of carbonyl (C=O) groups excluding carboxylic acids is 1. The lowest BCUT2D eigenvalue weighted by Gasteiger charge is -2.06. The van der Waals surface area contributed by atoms with Gasteiger partial charge in [0.05, 0.1) is 6.26 Å². The van der Waals surface area contributed by atoms with E-state index in [9.17, 15) is 9.59 Å². The Labute approximate surface area is 159 Å². The number of nitrogens with zero attached hydrogens (tertiary/aromatic N) is 3. The zero-order chi connectivity index (χ0) is 19.1. The van der Waals surface area contributed by atoms with E-state index in [0.29, 0.717) is 29.6 Å². The highest BCUT2D eigenvalue weighted by Gasteiger charge is 2.31. The van der Waals surface area contributed by atoms with Gasteiger partial charge in [-0.2, -0.15) is 0 Å². The van der Waals surface area contributed by atoms with Crippen molar-refractivity contribution in [1.82, 2.24) is 19.7 Å². The first-order valence-corrected chi connectivity index (χ1v) is 9.07. The zero-order valence-electron chi connectivity index (χ0n) is 15.0. The van der Waals surface area contributed by atoms with Crippen LogP contribution < -0.4 is 20.5 Å². The lowest BCUT2D eigenvalue weighted by Crippen LogP contribution is -2.33. The molecule has 1 fully saturated rings. The Morgan fingerprint density at radius 2 is 2.07 bits per heavy atom. The van der Waals surface area contributed by atoms with Gasteiger partial charge < -0.3 is 19.2 Å². The second kappa shape index (κ2) is 6.59. The van der Waals surface area contributed by atoms with Crippen LogP contribution in [0.3, 0.4) is 0 Å². The molecule has 3 heterocycles. The van der Waals surface area contributed by atoms with E-state index in [2.05, 4.69) is 10.4 Å². The largest absolute Gasteiger partial charge is 0.461 e. The van der Waals surface area contributed by atoms with Crippen LogP contribution in [-0.2, 0) is 17.9 Å². The molecule has 0 radical (unpaired) electrons. The van der Waals surface area contributed by atoms with Gasteiger partial charge in [-0.05, 0) is 42.7 Å². The SMILES string of the molecule is O=C(Cn1nc(-c2ccco2)n(C2CC2)c1=O)NCc1ccc2c(c1)OCO2. The van der Waals surface area contributed by atoms with Crippen LogP contribution in [-0.4, -0.2) is 27.0 Å². The molecule has 144 valence electrons. The fourth-order valence-corrected chi connectivity index (χ4v) is 3.20. The Kier molecular flexibility index (Phi) is 3.92. The van der Waals surface area contributed by atoms with E-state index in [-0.39, 0.29) is 31.0 Å². The Balaban J connectivity index is 1.30. The molecular formula is C19H18N4O5. The minimum Gasteiger partial charge on any atom is -0.461 e. The van der Waals surface area contributed by atoms with Gasteiger partial charge in [-0.3, -0.25) is 9.36 Å². The molecule has 1 saturated carbocycles. The normalized spacial score (nSPS) is 15.0. The Morgan fingerprint density at radius 3 is 2.86 bits per heavy atom. The van der Waals surface area contributed by atoms with Crippen LogP contribution in [0, 0.1) is 0 Å². The molecule has 0 saturated heterocycles. The predicted molar refractivity (Wildman–Crippen MR) is 96.9 cm³/mol. The Hall–Kier alpha value is -3.49. The third-order valence-electron chi connectivity index (χ3n) is 4.74. The van der Waals surface area contributed by atoms with Crippen LogP contribution in [0.5, 0.6) is 11.5 Å². The lowest BCUT2D eigenvalue weighted by atomic mass is 10.2. The maximum atomic E-state index is 12.7. The van der Waals surface area contributed by atoms with E-state index in [0.717, 1.165) is 18.4 Å². The number of amides is 1. The van der Waals surface area contributed by atoms with Gasteiger partial charge in [-0.1, -0.05) is 6.07 Å². The van der Waals surface area contributed by atoms with Crippen LogP contribution in [0.15, 0.2) is 45.8 Å². The van der Waals surface area contributed by atoms with Gasteiger partial charge >= 0.3 is 5.69 Å². The van der Waals surface area contributed by atoms with E-state index in [1.165, 1.54) is 10.9 Å². The second-order valence-corrected chi connectivity index (χ2v) is 6.81. The number of hydrogen-bond donors (Lipinski definition) is 1. The van der Waals surface area contributed by atoms with Crippen LogP contribution in [0.4, 0.5) is 0 Å². The van der Waals surface area contributed by atoms with Gasteiger partial charge in [-0.25, -0.2) is 9.48 Å². The van der Waals surface area contributed by atoms with Crippen LogP contribution in [0.2, 0.25) is 0 Å². The van der Waals surface area contributed by atoms with Crippen LogP contribution in [0.1, 0.15) is 24.4 Å². The third-order valence-corrected chi connectivity index (χ3v) is 4.74. The average molecular weight is 382 g/mol. The highest BCUT2D eigenvalue weighted by molar-refractivity contribution is 5.75. The molecular weight excluding hydrogens is 364 g/mol. The topological polar surface area (TPSA) is 101 Å². The van der Waals surface area contributed by atoms with Crippen molar-refractivity contribution in [2.75, 3.05) is 6.79 Å². The van der Waals surface area contributed by atoms with Gasteiger partial charge in [-0.15, -0.1) is 5.10 Å². The summed E-state index contributed by atoms with van der Waals surface area (Å²) >= 11 is 0. The number of nitrogens with one attached hydrogen (secondary N) is 1. The quantitative estimate of drug-likeness (QED) is 0.696. The first-order valence-electron chi connectivity index (χ1n) is 9.07. The fourth-order valence-electron chi connectivity index (χ4n) is 3.20. The number of aromatic nitrogens is 3. The number of benzene rings is 1. The van der Waals surface area contributed by atoms with E-state index in [1.54, 1.807) is 22.8 Å². The molecule has 9 nitrogen and oxygen atoms in total. The van der Waals surface area contributed by atoms with Crippen molar-refractivity contribution >= 4 is 5.91 Å². The molecule has 1 N–H and O–H groups in total. The average Bonchev–Trinajstić information content (AvgIpc) is 3.10. The summed E-state index contributed by atoms with van der Waals surface area (Å²) in [6.45, 7) is 0.366. The fraction of sp³-hybridized carbons (Fsp3) is 0.316. The molecule has 28 heavy (non-hydrogen) atoms. The van der Waals surface area contributed by atoms with Crippen molar-refractivity contribution in [3.05, 3.63) is 52.6 Å². The minimum atomic E-state index is -0.300.